The highest BCUT2D eigenvalue weighted by atomic mass is 16.5. The van der Waals surface area contributed by atoms with Crippen molar-refractivity contribution >= 4 is 11.8 Å². The second-order valence-electron chi connectivity index (χ2n) is 5.82. The molecule has 0 saturated carbocycles. The largest absolute Gasteiger partial charge is 0.385 e. The molecule has 7 nitrogen and oxygen atoms in total. The van der Waals surface area contributed by atoms with Crippen LogP contribution in [-0.2, 0) is 14.3 Å². The van der Waals surface area contributed by atoms with Crippen molar-refractivity contribution in [2.75, 3.05) is 74.1 Å². The molecule has 0 aromatic heterocycles. The van der Waals surface area contributed by atoms with Crippen LogP contribution in [-0.4, -0.2) is 101 Å². The maximum absolute atomic E-state index is 12.4. The average molecular weight is 330 g/mol. The van der Waals surface area contributed by atoms with Gasteiger partial charge in [-0.2, -0.15) is 0 Å². The molecule has 0 aliphatic rings. The van der Waals surface area contributed by atoms with Gasteiger partial charge >= 0.3 is 0 Å². The average Bonchev–Trinajstić information content (AvgIpc) is 2.50. The summed E-state index contributed by atoms with van der Waals surface area (Å²) < 4.78 is 5.03. The van der Waals surface area contributed by atoms with E-state index in [0.717, 1.165) is 19.4 Å². The summed E-state index contributed by atoms with van der Waals surface area (Å²) in [6.45, 7) is 5.79. The molecular weight excluding hydrogens is 296 g/mol. The molecule has 0 aromatic carbocycles. The summed E-state index contributed by atoms with van der Waals surface area (Å²) in [4.78, 5) is 30.1. The van der Waals surface area contributed by atoms with E-state index >= 15 is 0 Å². The molecule has 0 bridgehead atoms. The molecule has 0 aromatic rings. The molecule has 0 spiro atoms. The van der Waals surface area contributed by atoms with E-state index in [1.807, 2.05) is 21.0 Å². The van der Waals surface area contributed by atoms with Crippen LogP contribution < -0.4 is 5.32 Å². The van der Waals surface area contributed by atoms with Gasteiger partial charge in [0.1, 0.15) is 0 Å². The van der Waals surface area contributed by atoms with Crippen LogP contribution in [0.2, 0.25) is 0 Å². The molecule has 0 radical (unpaired) electrons. The highest BCUT2D eigenvalue weighted by Gasteiger charge is 2.19. The molecule has 0 rings (SSSR count). The normalized spacial score (nSPS) is 10.9. The second-order valence-corrected chi connectivity index (χ2v) is 5.82. The molecule has 0 saturated heterocycles. The van der Waals surface area contributed by atoms with Crippen LogP contribution in [0.4, 0.5) is 0 Å². The number of rotatable bonds is 13. The van der Waals surface area contributed by atoms with Crippen LogP contribution in [0.5, 0.6) is 0 Å². The number of likely N-dealkylation sites (N-methyl/N-ethyl adjacent to an activating group) is 2. The van der Waals surface area contributed by atoms with Crippen LogP contribution in [0.3, 0.4) is 0 Å². The fourth-order valence-electron chi connectivity index (χ4n) is 2.25. The molecule has 0 heterocycles. The number of nitrogens with one attached hydrogen (secondary N) is 1. The van der Waals surface area contributed by atoms with Crippen LogP contribution in [0.15, 0.2) is 0 Å². The van der Waals surface area contributed by atoms with Crippen molar-refractivity contribution in [3.8, 4) is 0 Å². The highest BCUT2D eigenvalue weighted by molar-refractivity contribution is 5.85. The Balaban J connectivity index is 4.56. The van der Waals surface area contributed by atoms with Crippen molar-refractivity contribution in [2.24, 2.45) is 0 Å². The molecule has 136 valence electrons. The molecule has 0 aliphatic carbocycles. The molecule has 0 fully saturated rings. The second kappa shape index (κ2) is 13.3. The van der Waals surface area contributed by atoms with Gasteiger partial charge in [-0.1, -0.05) is 0 Å². The Labute approximate surface area is 140 Å². The van der Waals surface area contributed by atoms with Gasteiger partial charge in [0.25, 0.3) is 0 Å². The number of methoxy groups -OCH3 is 1. The topological polar surface area (TPSA) is 65.1 Å². The number of hydrogen-bond acceptors (Lipinski definition) is 5. The van der Waals surface area contributed by atoms with E-state index < -0.39 is 0 Å². The van der Waals surface area contributed by atoms with Gasteiger partial charge in [-0.25, -0.2) is 0 Å². The minimum atomic E-state index is -0.0347. The molecule has 7 heteroatoms. The maximum Gasteiger partial charge on any atom is 0.242 e. The third-order valence-corrected chi connectivity index (χ3v) is 3.55. The zero-order valence-corrected chi connectivity index (χ0v) is 15.4. The Kier molecular flexibility index (Phi) is 12.6. The zero-order valence-electron chi connectivity index (χ0n) is 15.4. The van der Waals surface area contributed by atoms with Crippen LogP contribution in [0.25, 0.3) is 0 Å². The monoisotopic (exact) mass is 330 g/mol. The molecule has 1 N–H and O–H groups in total. The van der Waals surface area contributed by atoms with Gasteiger partial charge in [0.05, 0.1) is 13.1 Å². The van der Waals surface area contributed by atoms with Gasteiger partial charge < -0.3 is 24.8 Å². The molecule has 2 amide bonds. The minimum Gasteiger partial charge on any atom is -0.385 e. The summed E-state index contributed by atoms with van der Waals surface area (Å²) in [5, 5.41) is 2.86. The summed E-state index contributed by atoms with van der Waals surface area (Å²) in [5.41, 5.74) is 0. The fourth-order valence-corrected chi connectivity index (χ4v) is 2.25. The van der Waals surface area contributed by atoms with Crippen molar-refractivity contribution < 1.29 is 14.3 Å². The van der Waals surface area contributed by atoms with E-state index in [4.69, 9.17) is 4.74 Å². The van der Waals surface area contributed by atoms with Gasteiger partial charge in [-0.3, -0.25) is 9.59 Å². The molecule has 0 unspecified atom stereocenters. The van der Waals surface area contributed by atoms with Crippen molar-refractivity contribution in [3.63, 3.8) is 0 Å². The highest BCUT2D eigenvalue weighted by Crippen LogP contribution is 2.00. The third-order valence-electron chi connectivity index (χ3n) is 3.55. The summed E-state index contributed by atoms with van der Waals surface area (Å²) >= 11 is 0. The fraction of sp³-hybridized carbons (Fsp3) is 0.875. The van der Waals surface area contributed by atoms with Crippen molar-refractivity contribution in [1.29, 1.82) is 0 Å². The first-order valence-electron chi connectivity index (χ1n) is 8.30. The maximum atomic E-state index is 12.4. The number of nitrogens with zero attached hydrogens (tertiary/aromatic N) is 3. The molecule has 0 atom stereocenters. The lowest BCUT2D eigenvalue weighted by Gasteiger charge is -2.27. The van der Waals surface area contributed by atoms with Gasteiger partial charge in [0.15, 0.2) is 0 Å². The molecular formula is C16H34N4O3. The SMILES string of the molecule is CCN(CCCOC)C(=O)CN(CCCN(C)C)C(=O)CNC. The first-order valence-corrected chi connectivity index (χ1v) is 8.30. The lowest BCUT2D eigenvalue weighted by molar-refractivity contribution is -0.140. The lowest BCUT2D eigenvalue weighted by atomic mass is 10.3. The smallest absolute Gasteiger partial charge is 0.242 e. The predicted octanol–water partition coefficient (Wildman–Crippen LogP) is -0.129. The van der Waals surface area contributed by atoms with E-state index in [-0.39, 0.29) is 24.9 Å². The van der Waals surface area contributed by atoms with Gasteiger partial charge in [0.2, 0.25) is 11.8 Å². The Hall–Kier alpha value is -1.18. The van der Waals surface area contributed by atoms with E-state index in [1.54, 1.807) is 24.0 Å². The molecule has 23 heavy (non-hydrogen) atoms. The predicted molar refractivity (Wildman–Crippen MR) is 92.4 cm³/mol. The number of carbonyl (C=O) groups is 2. The van der Waals surface area contributed by atoms with E-state index in [9.17, 15) is 9.59 Å². The van der Waals surface area contributed by atoms with Gasteiger partial charge in [-0.05, 0) is 47.5 Å². The standard InChI is InChI=1S/C16H34N4O3/c1-6-19(11-8-12-23-5)16(22)14-20(15(21)13-17-2)10-7-9-18(3)4/h17H,6-14H2,1-5H3. The number of amides is 2. The summed E-state index contributed by atoms with van der Waals surface area (Å²) in [6.07, 6.45) is 1.66. The zero-order chi connectivity index (χ0) is 17.7. The van der Waals surface area contributed by atoms with E-state index in [1.165, 1.54) is 0 Å². The van der Waals surface area contributed by atoms with Crippen molar-refractivity contribution in [1.82, 2.24) is 20.0 Å². The Morgan fingerprint density at radius 3 is 2.17 bits per heavy atom. The third kappa shape index (κ3) is 10.3. The summed E-state index contributed by atoms with van der Waals surface area (Å²) in [5.74, 6) is -0.0366. The van der Waals surface area contributed by atoms with Crippen LogP contribution in [0, 0.1) is 0 Å². The Bertz CT molecular complexity index is 337. The van der Waals surface area contributed by atoms with Crippen LogP contribution in [0.1, 0.15) is 19.8 Å². The summed E-state index contributed by atoms with van der Waals surface area (Å²) in [6, 6.07) is 0. The molecule has 0 aliphatic heterocycles. The first-order chi connectivity index (χ1) is 11.0. The first kappa shape index (κ1) is 21.8. The minimum absolute atomic E-state index is 0.00194. The van der Waals surface area contributed by atoms with Crippen LogP contribution >= 0.6 is 0 Å². The van der Waals surface area contributed by atoms with E-state index in [0.29, 0.717) is 26.2 Å². The number of carbonyl (C=O) groups excluding carboxylic acids is 2. The quantitative estimate of drug-likeness (QED) is 0.477. The van der Waals surface area contributed by atoms with E-state index in [2.05, 4.69) is 10.2 Å². The van der Waals surface area contributed by atoms with Gasteiger partial charge in [0, 0.05) is 33.4 Å². The Morgan fingerprint density at radius 2 is 1.65 bits per heavy atom. The van der Waals surface area contributed by atoms with Gasteiger partial charge in [-0.15, -0.1) is 0 Å². The number of hydrogen-bond donors (Lipinski definition) is 1. The number of ether oxygens (including phenoxy) is 1. The van der Waals surface area contributed by atoms with Crippen molar-refractivity contribution in [2.45, 2.75) is 19.8 Å². The summed E-state index contributed by atoms with van der Waals surface area (Å²) in [7, 11) is 7.39. The van der Waals surface area contributed by atoms with Crippen molar-refractivity contribution in [3.05, 3.63) is 0 Å². The Morgan fingerprint density at radius 1 is 1.00 bits per heavy atom. The lowest BCUT2D eigenvalue weighted by Crippen LogP contribution is -2.46.